The summed E-state index contributed by atoms with van der Waals surface area (Å²) in [5.74, 6) is 0. The quantitative estimate of drug-likeness (QED) is 0.625. The van der Waals surface area contributed by atoms with Crippen molar-refractivity contribution in [3.05, 3.63) is 72.3 Å². The summed E-state index contributed by atoms with van der Waals surface area (Å²) in [6.45, 7) is 3.47. The molecule has 0 radical (unpaired) electrons. The van der Waals surface area contributed by atoms with Crippen LogP contribution in [0.25, 0.3) is 4.91 Å². The van der Waals surface area contributed by atoms with Crippen LogP contribution in [-0.2, 0) is 15.3 Å². The molecule has 0 aliphatic heterocycles. The zero-order valence-corrected chi connectivity index (χ0v) is 14.7. The van der Waals surface area contributed by atoms with Crippen LogP contribution in [0.5, 0.6) is 0 Å². The van der Waals surface area contributed by atoms with Gasteiger partial charge in [-0.1, -0.05) is 49.0 Å². The lowest BCUT2D eigenvalue weighted by atomic mass is 9.80. The van der Waals surface area contributed by atoms with Gasteiger partial charge in [-0.25, -0.2) is 8.42 Å². The van der Waals surface area contributed by atoms with Gasteiger partial charge in [0.25, 0.3) is 0 Å². The summed E-state index contributed by atoms with van der Waals surface area (Å²) >= 11 is 0. The zero-order valence-electron chi connectivity index (χ0n) is 13.9. The van der Waals surface area contributed by atoms with Gasteiger partial charge in [0.05, 0.1) is 9.80 Å². The van der Waals surface area contributed by atoms with Gasteiger partial charge in [0.1, 0.15) is 0 Å². The Labute approximate surface area is 152 Å². The average molecular weight is 408 g/mol. The molecule has 0 fully saturated rings. The Kier molecular flexibility index (Phi) is 5.22. The van der Waals surface area contributed by atoms with E-state index < -0.39 is 38.1 Å². The summed E-state index contributed by atoms with van der Waals surface area (Å²) in [6.07, 6.45) is -11.2. The van der Waals surface area contributed by atoms with Crippen molar-refractivity contribution < 1.29 is 34.8 Å². The molecular weight excluding hydrogens is 394 g/mol. The van der Waals surface area contributed by atoms with E-state index in [1.54, 1.807) is 6.07 Å². The number of benzene rings is 2. The molecular formula is C18H14F6O2S. The third kappa shape index (κ3) is 3.60. The SMILES string of the molecule is C=C(c1ccc(C(C)(C(F)(F)F)C(F)(F)F)cc1)S(=O)(=O)c1ccccc1. The van der Waals surface area contributed by atoms with E-state index in [0.717, 1.165) is 12.1 Å². The maximum Gasteiger partial charge on any atom is 0.406 e. The van der Waals surface area contributed by atoms with Crippen molar-refractivity contribution in [1.29, 1.82) is 0 Å². The van der Waals surface area contributed by atoms with E-state index in [2.05, 4.69) is 6.58 Å². The van der Waals surface area contributed by atoms with Crippen molar-refractivity contribution in [2.45, 2.75) is 29.6 Å². The normalized spacial score (nSPS) is 13.4. The van der Waals surface area contributed by atoms with Crippen LogP contribution in [0.4, 0.5) is 26.3 Å². The fourth-order valence-corrected chi connectivity index (χ4v) is 3.62. The monoisotopic (exact) mass is 408 g/mol. The molecule has 0 heterocycles. The Bertz CT molecular complexity index is 913. The van der Waals surface area contributed by atoms with Crippen molar-refractivity contribution in [3.8, 4) is 0 Å². The summed E-state index contributed by atoms with van der Waals surface area (Å²) in [7, 11) is -4.04. The molecule has 2 aromatic carbocycles. The third-order valence-corrected chi connectivity index (χ3v) is 6.07. The van der Waals surface area contributed by atoms with E-state index in [1.807, 2.05) is 0 Å². The number of sulfone groups is 1. The third-order valence-electron chi connectivity index (χ3n) is 4.30. The standard InChI is InChI=1S/C18H14F6O2S/c1-12(27(25,26)15-6-4-3-5-7-15)13-8-10-14(11-9-13)16(2,17(19,20)21)18(22,23)24/h3-11H,1H2,2H3. The summed E-state index contributed by atoms with van der Waals surface area (Å²) in [6, 6.07) is 10.1. The number of alkyl halides is 6. The average Bonchev–Trinajstić information content (AvgIpc) is 2.59. The first-order valence-corrected chi connectivity index (χ1v) is 8.94. The molecule has 2 nitrogen and oxygen atoms in total. The van der Waals surface area contributed by atoms with Gasteiger partial charge in [0.15, 0.2) is 5.41 Å². The second-order valence-corrected chi connectivity index (χ2v) is 7.91. The second kappa shape index (κ2) is 6.70. The van der Waals surface area contributed by atoms with Crippen LogP contribution in [0.1, 0.15) is 18.1 Å². The van der Waals surface area contributed by atoms with Crippen LogP contribution in [0.2, 0.25) is 0 Å². The molecule has 0 atom stereocenters. The molecule has 0 unspecified atom stereocenters. The predicted molar refractivity (Wildman–Crippen MR) is 88.6 cm³/mol. The molecule has 0 saturated heterocycles. The molecule has 0 N–H and O–H groups in total. The minimum Gasteiger partial charge on any atom is -0.219 e. The van der Waals surface area contributed by atoms with Gasteiger partial charge in [0, 0.05) is 0 Å². The van der Waals surface area contributed by atoms with Crippen LogP contribution < -0.4 is 0 Å². The minimum atomic E-state index is -5.58. The highest BCUT2D eigenvalue weighted by atomic mass is 32.2. The predicted octanol–water partition coefficient (Wildman–Crippen LogP) is 5.51. The van der Waals surface area contributed by atoms with Gasteiger partial charge in [-0.05, 0) is 30.2 Å². The first-order chi connectivity index (χ1) is 12.2. The lowest BCUT2D eigenvalue weighted by Gasteiger charge is -2.34. The van der Waals surface area contributed by atoms with Crippen LogP contribution in [0.3, 0.4) is 0 Å². The summed E-state index contributed by atoms with van der Waals surface area (Å²) in [5.41, 5.74) is -5.23. The molecule has 9 heteroatoms. The van der Waals surface area contributed by atoms with Gasteiger partial charge in [-0.2, -0.15) is 26.3 Å². The fraction of sp³-hybridized carbons (Fsp3) is 0.222. The number of hydrogen-bond donors (Lipinski definition) is 0. The summed E-state index contributed by atoms with van der Waals surface area (Å²) in [5, 5.41) is 0. The lowest BCUT2D eigenvalue weighted by molar-refractivity contribution is -0.297. The Hall–Kier alpha value is -2.29. The highest BCUT2D eigenvalue weighted by molar-refractivity contribution is 8.00. The number of halogens is 6. The summed E-state index contributed by atoms with van der Waals surface area (Å²) in [4.78, 5) is -0.518. The minimum absolute atomic E-state index is 0.0392. The fourth-order valence-electron chi connectivity index (χ4n) is 2.37. The van der Waals surface area contributed by atoms with Gasteiger partial charge in [-0.15, -0.1) is 0 Å². The van der Waals surface area contributed by atoms with Crippen LogP contribution in [-0.4, -0.2) is 20.8 Å². The van der Waals surface area contributed by atoms with Crippen molar-refractivity contribution in [2.24, 2.45) is 0 Å². The van der Waals surface area contributed by atoms with Crippen LogP contribution in [0.15, 0.2) is 66.1 Å². The molecule has 2 rings (SSSR count). The van der Waals surface area contributed by atoms with Crippen LogP contribution in [0, 0.1) is 0 Å². The molecule has 0 saturated carbocycles. The maximum atomic E-state index is 13.1. The zero-order chi connectivity index (χ0) is 20.7. The number of hydrogen-bond acceptors (Lipinski definition) is 2. The smallest absolute Gasteiger partial charge is 0.219 e. The van der Waals surface area contributed by atoms with E-state index in [1.165, 1.54) is 24.3 Å². The van der Waals surface area contributed by atoms with E-state index in [-0.39, 0.29) is 17.4 Å². The Morgan fingerprint density at radius 2 is 1.26 bits per heavy atom. The Morgan fingerprint density at radius 1 is 0.815 bits per heavy atom. The molecule has 0 aromatic heterocycles. The van der Waals surface area contributed by atoms with Gasteiger partial charge in [-0.3, -0.25) is 0 Å². The molecule has 27 heavy (non-hydrogen) atoms. The van der Waals surface area contributed by atoms with Crippen LogP contribution >= 0.6 is 0 Å². The molecule has 0 aliphatic carbocycles. The second-order valence-electron chi connectivity index (χ2n) is 5.94. The largest absolute Gasteiger partial charge is 0.406 e. The van der Waals surface area contributed by atoms with Gasteiger partial charge in [0.2, 0.25) is 9.84 Å². The molecule has 2 aromatic rings. The van der Waals surface area contributed by atoms with E-state index in [9.17, 15) is 34.8 Å². The number of rotatable bonds is 4. The molecule has 0 aliphatic rings. The molecule has 146 valence electrons. The topological polar surface area (TPSA) is 34.1 Å². The Balaban J connectivity index is 2.47. The molecule has 0 bridgehead atoms. The van der Waals surface area contributed by atoms with E-state index in [4.69, 9.17) is 0 Å². The van der Waals surface area contributed by atoms with Crippen molar-refractivity contribution in [2.75, 3.05) is 0 Å². The highest BCUT2D eigenvalue weighted by Gasteiger charge is 2.68. The highest BCUT2D eigenvalue weighted by Crippen LogP contribution is 2.51. The van der Waals surface area contributed by atoms with E-state index in [0.29, 0.717) is 12.1 Å². The van der Waals surface area contributed by atoms with Crippen molar-refractivity contribution in [1.82, 2.24) is 0 Å². The summed E-state index contributed by atoms with van der Waals surface area (Å²) < 4.78 is 104. The van der Waals surface area contributed by atoms with Crippen molar-refractivity contribution in [3.63, 3.8) is 0 Å². The molecule has 0 amide bonds. The first kappa shape index (κ1) is 21.0. The first-order valence-electron chi connectivity index (χ1n) is 7.46. The van der Waals surface area contributed by atoms with Crippen molar-refractivity contribution >= 4 is 14.7 Å². The molecule has 0 spiro atoms. The van der Waals surface area contributed by atoms with Gasteiger partial charge < -0.3 is 0 Å². The Morgan fingerprint density at radius 3 is 1.67 bits per heavy atom. The van der Waals surface area contributed by atoms with E-state index >= 15 is 0 Å². The maximum absolute atomic E-state index is 13.1. The lowest BCUT2D eigenvalue weighted by Crippen LogP contribution is -2.51. The van der Waals surface area contributed by atoms with Gasteiger partial charge >= 0.3 is 12.4 Å².